The second-order valence-corrected chi connectivity index (χ2v) is 6.00. The third-order valence-corrected chi connectivity index (χ3v) is 4.37. The van der Waals surface area contributed by atoms with Crippen molar-refractivity contribution < 1.29 is 4.74 Å². The van der Waals surface area contributed by atoms with Crippen LogP contribution >= 0.6 is 0 Å². The van der Waals surface area contributed by atoms with Crippen LogP contribution in [0.3, 0.4) is 0 Å². The lowest BCUT2D eigenvalue weighted by Gasteiger charge is -2.35. The predicted molar refractivity (Wildman–Crippen MR) is 73.7 cm³/mol. The third kappa shape index (κ3) is 2.76. The Kier molecular flexibility index (Phi) is 3.40. The molecular weight excluding hydrogens is 222 g/mol. The molecule has 1 aromatic rings. The van der Waals surface area contributed by atoms with Crippen LogP contribution in [0, 0.1) is 0 Å². The highest BCUT2D eigenvalue weighted by molar-refractivity contribution is 5.33. The van der Waals surface area contributed by atoms with E-state index in [1.165, 1.54) is 18.4 Å². The number of benzene rings is 1. The minimum atomic E-state index is 0.259. The van der Waals surface area contributed by atoms with Crippen LogP contribution in [-0.2, 0) is 11.3 Å². The number of hydrogen-bond acceptors (Lipinski definition) is 2. The largest absolute Gasteiger partial charge is 0.381 e. The van der Waals surface area contributed by atoms with Crippen LogP contribution in [0.4, 0.5) is 0 Å². The average molecular weight is 245 g/mol. The second-order valence-electron chi connectivity index (χ2n) is 6.00. The molecule has 1 aliphatic carbocycles. The summed E-state index contributed by atoms with van der Waals surface area (Å²) in [7, 11) is 0. The molecule has 0 bridgehead atoms. The molecule has 2 nitrogen and oxygen atoms in total. The van der Waals surface area contributed by atoms with E-state index in [-0.39, 0.29) is 5.54 Å². The molecule has 1 aromatic carbocycles. The van der Waals surface area contributed by atoms with Crippen LogP contribution in [0.2, 0.25) is 0 Å². The first-order chi connectivity index (χ1) is 8.77. The minimum Gasteiger partial charge on any atom is -0.381 e. The van der Waals surface area contributed by atoms with E-state index in [1.807, 2.05) is 0 Å². The maximum Gasteiger partial charge on any atom is 0.0483 e. The molecule has 0 radical (unpaired) electrons. The molecule has 98 valence electrons. The van der Waals surface area contributed by atoms with Crippen LogP contribution in [0.5, 0.6) is 0 Å². The highest BCUT2D eigenvalue weighted by atomic mass is 16.5. The number of rotatable bonds is 4. The van der Waals surface area contributed by atoms with Crippen molar-refractivity contribution in [3.8, 4) is 0 Å². The van der Waals surface area contributed by atoms with E-state index in [4.69, 9.17) is 4.74 Å². The summed E-state index contributed by atoms with van der Waals surface area (Å²) >= 11 is 0. The van der Waals surface area contributed by atoms with E-state index < -0.39 is 0 Å². The predicted octanol–water partition coefficient (Wildman–Crippen LogP) is 3.22. The summed E-state index contributed by atoms with van der Waals surface area (Å²) in [4.78, 5) is 0. The van der Waals surface area contributed by atoms with Crippen LogP contribution in [0.1, 0.15) is 49.7 Å². The molecule has 1 aliphatic heterocycles. The normalized spacial score (nSPS) is 22.9. The lowest BCUT2D eigenvalue weighted by atomic mass is 9.92. The van der Waals surface area contributed by atoms with Gasteiger partial charge in [0.2, 0.25) is 0 Å². The fraction of sp³-hybridized carbons (Fsp3) is 0.625. The summed E-state index contributed by atoms with van der Waals surface area (Å²) in [5, 5.41) is 3.76. The van der Waals surface area contributed by atoms with Gasteiger partial charge in [0.05, 0.1) is 0 Å². The average Bonchev–Trinajstić information content (AvgIpc) is 3.22. The fourth-order valence-corrected chi connectivity index (χ4v) is 2.80. The van der Waals surface area contributed by atoms with Gasteiger partial charge in [-0.2, -0.15) is 0 Å². The van der Waals surface area contributed by atoms with Gasteiger partial charge < -0.3 is 10.1 Å². The van der Waals surface area contributed by atoms with Crippen LogP contribution in [0.15, 0.2) is 24.3 Å². The maximum absolute atomic E-state index is 5.45. The van der Waals surface area contributed by atoms with Gasteiger partial charge in [0.1, 0.15) is 0 Å². The zero-order valence-electron chi connectivity index (χ0n) is 11.2. The molecule has 1 heterocycles. The topological polar surface area (TPSA) is 21.3 Å². The molecule has 1 saturated heterocycles. The lowest BCUT2D eigenvalue weighted by Crippen LogP contribution is -2.46. The van der Waals surface area contributed by atoms with E-state index in [1.54, 1.807) is 5.56 Å². The molecule has 3 rings (SSSR count). The molecule has 0 atom stereocenters. The summed E-state index contributed by atoms with van der Waals surface area (Å²) < 4.78 is 5.45. The molecule has 1 saturated carbocycles. The molecule has 2 aliphatic rings. The Morgan fingerprint density at radius 3 is 2.67 bits per heavy atom. The summed E-state index contributed by atoms with van der Waals surface area (Å²) in [6, 6.07) is 8.92. The minimum absolute atomic E-state index is 0.259. The smallest absolute Gasteiger partial charge is 0.0483 e. The van der Waals surface area contributed by atoms with E-state index in [0.717, 1.165) is 38.5 Å². The summed E-state index contributed by atoms with van der Waals surface area (Å²) in [5.74, 6) is 0.838. The van der Waals surface area contributed by atoms with Gasteiger partial charge >= 0.3 is 0 Å². The Morgan fingerprint density at radius 1 is 1.22 bits per heavy atom. The van der Waals surface area contributed by atoms with Crippen LogP contribution in [0.25, 0.3) is 0 Å². The van der Waals surface area contributed by atoms with Gasteiger partial charge in [-0.3, -0.25) is 0 Å². The van der Waals surface area contributed by atoms with Crippen molar-refractivity contribution in [3.05, 3.63) is 35.4 Å². The molecule has 0 unspecified atom stereocenters. The summed E-state index contributed by atoms with van der Waals surface area (Å²) in [6.45, 7) is 5.12. The Balaban J connectivity index is 1.65. The van der Waals surface area contributed by atoms with Crippen molar-refractivity contribution in [2.75, 3.05) is 13.2 Å². The molecule has 0 spiro atoms. The van der Waals surface area contributed by atoms with Crippen molar-refractivity contribution in [2.45, 2.75) is 50.6 Å². The molecule has 1 N–H and O–H groups in total. The maximum atomic E-state index is 5.45. The Hall–Kier alpha value is -0.860. The van der Waals surface area contributed by atoms with Crippen molar-refractivity contribution in [1.29, 1.82) is 0 Å². The van der Waals surface area contributed by atoms with Crippen LogP contribution in [-0.4, -0.2) is 18.8 Å². The third-order valence-electron chi connectivity index (χ3n) is 4.37. The molecular formula is C16H23NO. The SMILES string of the molecule is CC1(NCc2ccccc2C2CC2)CCOCC1. The molecule has 18 heavy (non-hydrogen) atoms. The zero-order chi connectivity index (χ0) is 12.4. The van der Waals surface area contributed by atoms with Crippen LogP contribution < -0.4 is 5.32 Å². The van der Waals surface area contributed by atoms with Gasteiger partial charge in [0, 0.05) is 25.3 Å². The number of hydrogen-bond donors (Lipinski definition) is 1. The lowest BCUT2D eigenvalue weighted by molar-refractivity contribution is 0.0446. The Bertz CT molecular complexity index is 405. The molecule has 0 amide bonds. The first-order valence-electron chi connectivity index (χ1n) is 7.17. The van der Waals surface area contributed by atoms with Crippen molar-refractivity contribution in [1.82, 2.24) is 5.32 Å². The van der Waals surface area contributed by atoms with Crippen molar-refractivity contribution >= 4 is 0 Å². The van der Waals surface area contributed by atoms with E-state index in [2.05, 4.69) is 36.5 Å². The first kappa shape index (κ1) is 12.2. The highest BCUT2D eigenvalue weighted by Crippen LogP contribution is 2.41. The van der Waals surface area contributed by atoms with Gasteiger partial charge in [0.25, 0.3) is 0 Å². The second kappa shape index (κ2) is 5.02. The van der Waals surface area contributed by atoms with E-state index in [9.17, 15) is 0 Å². The Labute approximate surface area is 110 Å². The van der Waals surface area contributed by atoms with Crippen molar-refractivity contribution in [2.24, 2.45) is 0 Å². The van der Waals surface area contributed by atoms with E-state index >= 15 is 0 Å². The Morgan fingerprint density at radius 2 is 1.94 bits per heavy atom. The standard InChI is InChI=1S/C16H23NO/c1-16(8-10-18-11-9-16)17-12-14-4-2-3-5-15(14)13-6-7-13/h2-5,13,17H,6-12H2,1H3. The zero-order valence-corrected chi connectivity index (χ0v) is 11.2. The van der Waals surface area contributed by atoms with Gasteiger partial charge in [-0.05, 0) is 49.7 Å². The highest BCUT2D eigenvalue weighted by Gasteiger charge is 2.28. The monoisotopic (exact) mass is 245 g/mol. The van der Waals surface area contributed by atoms with Gasteiger partial charge in [0.15, 0.2) is 0 Å². The molecule has 0 aromatic heterocycles. The summed E-state index contributed by atoms with van der Waals surface area (Å²) in [6.07, 6.45) is 5.00. The molecule has 2 heteroatoms. The first-order valence-corrected chi connectivity index (χ1v) is 7.17. The van der Waals surface area contributed by atoms with Gasteiger partial charge in [-0.15, -0.1) is 0 Å². The summed E-state index contributed by atoms with van der Waals surface area (Å²) in [5.41, 5.74) is 3.32. The van der Waals surface area contributed by atoms with Gasteiger partial charge in [-0.25, -0.2) is 0 Å². The van der Waals surface area contributed by atoms with E-state index in [0.29, 0.717) is 0 Å². The quantitative estimate of drug-likeness (QED) is 0.879. The number of nitrogens with one attached hydrogen (secondary N) is 1. The van der Waals surface area contributed by atoms with Gasteiger partial charge in [-0.1, -0.05) is 24.3 Å². The molecule has 2 fully saturated rings. The number of ether oxygens (including phenoxy) is 1. The fourth-order valence-electron chi connectivity index (χ4n) is 2.80. The van der Waals surface area contributed by atoms with Crippen molar-refractivity contribution in [3.63, 3.8) is 0 Å².